The van der Waals surface area contributed by atoms with E-state index >= 15 is 0 Å². The van der Waals surface area contributed by atoms with Crippen LogP contribution in [0.2, 0.25) is 0 Å². The third-order valence-corrected chi connectivity index (χ3v) is 4.15. The van der Waals surface area contributed by atoms with E-state index in [1.165, 1.54) is 0 Å². The molecule has 0 radical (unpaired) electrons. The van der Waals surface area contributed by atoms with Crippen LogP contribution in [0.1, 0.15) is 19.3 Å². The van der Waals surface area contributed by atoms with Crippen molar-refractivity contribution in [2.24, 2.45) is 5.92 Å². The van der Waals surface area contributed by atoms with Crippen molar-refractivity contribution in [1.29, 1.82) is 0 Å². The minimum atomic E-state index is -0.798. The van der Waals surface area contributed by atoms with Gasteiger partial charge in [0.25, 0.3) is 0 Å². The van der Waals surface area contributed by atoms with Crippen LogP contribution in [0, 0.1) is 5.92 Å². The molecule has 0 aromatic heterocycles. The second kappa shape index (κ2) is 6.23. The van der Waals surface area contributed by atoms with Crippen molar-refractivity contribution < 1.29 is 14.7 Å². The third kappa shape index (κ3) is 3.83. The second-order valence-corrected chi connectivity index (χ2v) is 5.86. The van der Waals surface area contributed by atoms with Gasteiger partial charge in [0, 0.05) is 19.1 Å². The Balaban J connectivity index is 1.87. The topological polar surface area (TPSA) is 69.6 Å². The predicted molar refractivity (Wildman–Crippen MR) is 75.0 cm³/mol. The summed E-state index contributed by atoms with van der Waals surface area (Å²) in [7, 11) is 0. The van der Waals surface area contributed by atoms with Crippen molar-refractivity contribution in [2.75, 3.05) is 13.1 Å². The first kappa shape index (κ1) is 14.1. The summed E-state index contributed by atoms with van der Waals surface area (Å²) < 4.78 is 1.13. The first-order chi connectivity index (χ1) is 9.06. The van der Waals surface area contributed by atoms with Gasteiger partial charge in [-0.1, -0.05) is 34.2 Å². The third-order valence-electron chi connectivity index (χ3n) is 3.43. The number of hydrogen-bond donors (Lipinski definition) is 2. The highest BCUT2D eigenvalue weighted by Gasteiger charge is 2.26. The van der Waals surface area contributed by atoms with Crippen molar-refractivity contribution in [1.82, 2.24) is 10.2 Å². The molecule has 2 aliphatic rings. The van der Waals surface area contributed by atoms with E-state index in [0.29, 0.717) is 25.9 Å². The van der Waals surface area contributed by atoms with Crippen LogP contribution in [0.3, 0.4) is 0 Å². The number of carboxylic acids is 1. The largest absolute Gasteiger partial charge is 0.481 e. The minimum absolute atomic E-state index is 0.128. The molecule has 0 aromatic rings. The molecule has 0 fully saturated rings. The molecule has 0 unspecified atom stereocenters. The molecular formula is C13H17BrN2O3. The Labute approximate surface area is 120 Å². The molecule has 19 heavy (non-hydrogen) atoms. The molecule has 0 saturated heterocycles. The maximum absolute atomic E-state index is 12.0. The maximum atomic E-state index is 12.0. The van der Waals surface area contributed by atoms with Crippen LogP contribution in [0.4, 0.5) is 4.79 Å². The van der Waals surface area contributed by atoms with E-state index in [1.807, 2.05) is 18.2 Å². The number of nitrogens with zero attached hydrogens (tertiary/aromatic N) is 1. The van der Waals surface area contributed by atoms with Crippen molar-refractivity contribution >= 4 is 27.9 Å². The molecule has 104 valence electrons. The molecule has 2 atom stereocenters. The summed E-state index contributed by atoms with van der Waals surface area (Å²) in [6.07, 6.45) is 7.52. The number of rotatable bonds is 2. The Morgan fingerprint density at radius 1 is 1.47 bits per heavy atom. The lowest BCUT2D eigenvalue weighted by molar-refractivity contribution is -0.142. The van der Waals surface area contributed by atoms with Gasteiger partial charge in [-0.15, -0.1) is 0 Å². The summed E-state index contributed by atoms with van der Waals surface area (Å²) in [5.41, 5.74) is 0. The zero-order valence-electron chi connectivity index (χ0n) is 10.5. The standard InChI is InChI=1S/C13H17BrN2O3/c14-10-4-6-16(7-5-10)13(19)15-11-3-1-2-9(8-11)12(17)18/h1,3-4,9,11H,2,5-8H2,(H,15,19)(H,17,18)/t9-,11-/m1/s1. The summed E-state index contributed by atoms with van der Waals surface area (Å²) in [6.45, 7) is 1.27. The second-order valence-electron chi connectivity index (χ2n) is 4.84. The van der Waals surface area contributed by atoms with Crippen LogP contribution in [0.15, 0.2) is 22.7 Å². The van der Waals surface area contributed by atoms with E-state index < -0.39 is 11.9 Å². The van der Waals surface area contributed by atoms with E-state index in [4.69, 9.17) is 5.11 Å². The number of amides is 2. The molecule has 2 amide bonds. The molecule has 6 heteroatoms. The fourth-order valence-electron chi connectivity index (χ4n) is 2.28. The summed E-state index contributed by atoms with van der Waals surface area (Å²) in [5, 5.41) is 11.9. The molecular weight excluding hydrogens is 312 g/mol. The quantitative estimate of drug-likeness (QED) is 0.762. The average Bonchev–Trinajstić information content (AvgIpc) is 2.39. The normalized spacial score (nSPS) is 26.8. The molecule has 0 aromatic carbocycles. The highest BCUT2D eigenvalue weighted by Crippen LogP contribution is 2.20. The van der Waals surface area contributed by atoms with E-state index in [-0.39, 0.29) is 12.1 Å². The molecule has 0 bridgehead atoms. The van der Waals surface area contributed by atoms with Gasteiger partial charge in [-0.25, -0.2) is 4.79 Å². The van der Waals surface area contributed by atoms with Gasteiger partial charge in [0.05, 0.1) is 5.92 Å². The van der Waals surface area contributed by atoms with Gasteiger partial charge in [-0.2, -0.15) is 0 Å². The summed E-state index contributed by atoms with van der Waals surface area (Å²) in [6, 6.07) is -0.311. The van der Waals surface area contributed by atoms with Crippen molar-refractivity contribution in [3.8, 4) is 0 Å². The molecule has 2 rings (SSSR count). The average molecular weight is 329 g/mol. The van der Waals surface area contributed by atoms with Gasteiger partial charge in [0.15, 0.2) is 0 Å². The monoisotopic (exact) mass is 328 g/mol. The fraction of sp³-hybridized carbons (Fsp3) is 0.538. The zero-order chi connectivity index (χ0) is 13.8. The van der Waals surface area contributed by atoms with Crippen molar-refractivity contribution in [3.05, 3.63) is 22.7 Å². The number of carbonyl (C=O) groups is 2. The Kier molecular flexibility index (Phi) is 4.63. The van der Waals surface area contributed by atoms with Gasteiger partial charge in [-0.05, 0) is 23.7 Å². The van der Waals surface area contributed by atoms with Crippen LogP contribution >= 0.6 is 15.9 Å². The lowest BCUT2D eigenvalue weighted by Crippen LogP contribution is -2.47. The Morgan fingerprint density at radius 2 is 2.26 bits per heavy atom. The van der Waals surface area contributed by atoms with Crippen molar-refractivity contribution in [3.63, 3.8) is 0 Å². The molecule has 1 heterocycles. The van der Waals surface area contributed by atoms with E-state index in [9.17, 15) is 9.59 Å². The smallest absolute Gasteiger partial charge is 0.318 e. The highest BCUT2D eigenvalue weighted by molar-refractivity contribution is 9.11. The number of halogens is 1. The van der Waals surface area contributed by atoms with E-state index in [2.05, 4.69) is 21.2 Å². The van der Waals surface area contributed by atoms with Crippen LogP contribution in [-0.2, 0) is 4.79 Å². The predicted octanol–water partition coefficient (Wildman–Crippen LogP) is 2.10. The number of hydrogen-bond acceptors (Lipinski definition) is 2. The molecule has 0 saturated carbocycles. The first-order valence-corrected chi connectivity index (χ1v) is 7.15. The van der Waals surface area contributed by atoms with Crippen LogP contribution in [0.25, 0.3) is 0 Å². The lowest BCUT2D eigenvalue weighted by atomic mass is 9.91. The van der Waals surface area contributed by atoms with Gasteiger partial charge < -0.3 is 15.3 Å². The van der Waals surface area contributed by atoms with E-state index in [0.717, 1.165) is 10.9 Å². The number of nitrogens with one attached hydrogen (secondary N) is 1. The number of allylic oxidation sites excluding steroid dienone is 1. The summed E-state index contributed by atoms with van der Waals surface area (Å²) in [5.74, 6) is -1.20. The molecule has 0 spiro atoms. The maximum Gasteiger partial charge on any atom is 0.318 e. The Bertz CT molecular complexity index is 434. The summed E-state index contributed by atoms with van der Waals surface area (Å²) in [4.78, 5) is 24.7. The first-order valence-electron chi connectivity index (χ1n) is 6.35. The molecule has 1 aliphatic carbocycles. The Morgan fingerprint density at radius 3 is 2.89 bits per heavy atom. The number of aliphatic carboxylic acids is 1. The lowest BCUT2D eigenvalue weighted by Gasteiger charge is -2.29. The van der Waals surface area contributed by atoms with Gasteiger partial charge in [0.2, 0.25) is 0 Å². The number of carboxylic acid groups (broad SMARTS) is 1. The number of carbonyl (C=O) groups excluding carboxylic acids is 1. The van der Waals surface area contributed by atoms with Crippen LogP contribution in [0.5, 0.6) is 0 Å². The molecule has 5 nitrogen and oxygen atoms in total. The van der Waals surface area contributed by atoms with Crippen LogP contribution in [-0.4, -0.2) is 41.1 Å². The molecule has 1 aliphatic heterocycles. The SMILES string of the molecule is O=C(O)[C@@H]1CC=C[C@@H](NC(=O)N2CC=C(Br)CC2)C1. The summed E-state index contributed by atoms with van der Waals surface area (Å²) >= 11 is 3.41. The fourth-order valence-corrected chi connectivity index (χ4v) is 2.60. The highest BCUT2D eigenvalue weighted by atomic mass is 79.9. The minimum Gasteiger partial charge on any atom is -0.481 e. The van der Waals surface area contributed by atoms with Crippen molar-refractivity contribution in [2.45, 2.75) is 25.3 Å². The number of urea groups is 1. The van der Waals surface area contributed by atoms with Crippen LogP contribution < -0.4 is 5.32 Å². The zero-order valence-corrected chi connectivity index (χ0v) is 12.1. The Hall–Kier alpha value is -1.30. The van der Waals surface area contributed by atoms with E-state index in [1.54, 1.807) is 4.90 Å². The molecule has 2 N–H and O–H groups in total. The van der Waals surface area contributed by atoms with Gasteiger partial charge in [-0.3, -0.25) is 4.79 Å². The van der Waals surface area contributed by atoms with Gasteiger partial charge >= 0.3 is 12.0 Å². The van der Waals surface area contributed by atoms with Gasteiger partial charge in [0.1, 0.15) is 0 Å².